The van der Waals surface area contributed by atoms with Gasteiger partial charge in [-0.15, -0.1) is 0 Å². The van der Waals surface area contributed by atoms with Gasteiger partial charge < -0.3 is 15.5 Å². The Kier molecular flexibility index (Phi) is 4.78. The summed E-state index contributed by atoms with van der Waals surface area (Å²) in [5.74, 6) is -2.14. The zero-order valence-corrected chi connectivity index (χ0v) is 14.6. The molecule has 1 aliphatic heterocycles. The Labute approximate surface area is 154 Å². The first-order valence-electron chi connectivity index (χ1n) is 7.73. The van der Waals surface area contributed by atoms with E-state index >= 15 is 0 Å². The van der Waals surface area contributed by atoms with Crippen LogP contribution in [0.5, 0.6) is 5.75 Å². The van der Waals surface area contributed by atoms with Gasteiger partial charge in [0.25, 0.3) is 5.91 Å². The highest BCUT2D eigenvalue weighted by molar-refractivity contribution is 7.97. The fraction of sp³-hybridized carbons (Fsp3) is 0.0556. The van der Waals surface area contributed by atoms with E-state index in [1.54, 1.807) is 48.5 Å². The second-order valence-electron chi connectivity index (χ2n) is 5.57. The monoisotopic (exact) mass is 386 g/mol. The molecule has 0 aliphatic carbocycles. The number of carbonyl (C=O) groups excluding carboxylic acids is 1. The van der Waals surface area contributed by atoms with E-state index in [0.29, 0.717) is 20.6 Å². The van der Waals surface area contributed by atoms with Gasteiger partial charge in [-0.2, -0.15) is 0 Å². The topological polar surface area (TPSA) is 134 Å². The van der Waals surface area contributed by atoms with Gasteiger partial charge in [0.2, 0.25) is 9.84 Å². The lowest BCUT2D eigenvalue weighted by atomic mass is 10.1. The summed E-state index contributed by atoms with van der Waals surface area (Å²) in [6.45, 7) is -0.521. The SMILES string of the molecule is O=C(O)CNC(=O)c1ncc2ccccc2c1O.O=S1(=O)c2ccccc21. The summed E-state index contributed by atoms with van der Waals surface area (Å²) in [5.41, 5.74) is -0.185. The van der Waals surface area contributed by atoms with Crippen molar-refractivity contribution in [3.05, 3.63) is 60.4 Å². The minimum Gasteiger partial charge on any atom is -0.505 e. The first-order valence-corrected chi connectivity index (χ1v) is 9.21. The summed E-state index contributed by atoms with van der Waals surface area (Å²) >= 11 is 0. The van der Waals surface area contributed by atoms with Crippen molar-refractivity contribution in [2.75, 3.05) is 6.54 Å². The predicted octanol–water partition coefficient (Wildman–Crippen LogP) is 1.59. The summed E-state index contributed by atoms with van der Waals surface area (Å²) in [4.78, 5) is 26.8. The largest absolute Gasteiger partial charge is 0.505 e. The van der Waals surface area contributed by atoms with E-state index in [9.17, 15) is 23.1 Å². The molecule has 0 radical (unpaired) electrons. The first-order chi connectivity index (χ1) is 12.8. The first kappa shape index (κ1) is 18.3. The van der Waals surface area contributed by atoms with Crippen LogP contribution < -0.4 is 5.32 Å². The molecule has 2 heterocycles. The number of pyridine rings is 1. The maximum Gasteiger partial charge on any atom is 0.322 e. The van der Waals surface area contributed by atoms with E-state index in [0.717, 1.165) is 0 Å². The number of nitrogens with one attached hydrogen (secondary N) is 1. The van der Waals surface area contributed by atoms with Gasteiger partial charge in [0, 0.05) is 17.0 Å². The van der Waals surface area contributed by atoms with E-state index in [1.165, 1.54) is 6.20 Å². The Balaban J connectivity index is 0.000000193. The van der Waals surface area contributed by atoms with E-state index in [2.05, 4.69) is 10.3 Å². The van der Waals surface area contributed by atoms with E-state index in [4.69, 9.17) is 5.11 Å². The van der Waals surface area contributed by atoms with Gasteiger partial charge in [-0.3, -0.25) is 9.59 Å². The number of aliphatic carboxylic acids is 1. The van der Waals surface area contributed by atoms with Gasteiger partial charge in [-0.05, 0) is 12.1 Å². The molecule has 27 heavy (non-hydrogen) atoms. The molecule has 3 N–H and O–H groups in total. The van der Waals surface area contributed by atoms with E-state index in [1.807, 2.05) is 0 Å². The fourth-order valence-corrected chi connectivity index (χ4v) is 3.71. The second-order valence-corrected chi connectivity index (χ2v) is 7.46. The molecule has 1 amide bonds. The molecule has 9 heteroatoms. The van der Waals surface area contributed by atoms with Crippen molar-refractivity contribution in [2.45, 2.75) is 9.79 Å². The van der Waals surface area contributed by atoms with Crippen LogP contribution in [0.15, 0.2) is 64.5 Å². The third-order valence-corrected chi connectivity index (χ3v) is 5.44. The van der Waals surface area contributed by atoms with Crippen LogP contribution in [0.4, 0.5) is 0 Å². The highest BCUT2D eigenvalue weighted by atomic mass is 32.2. The average molecular weight is 386 g/mol. The van der Waals surface area contributed by atoms with Crippen molar-refractivity contribution < 1.29 is 28.2 Å². The third kappa shape index (κ3) is 3.72. The maximum atomic E-state index is 11.6. The van der Waals surface area contributed by atoms with Crippen molar-refractivity contribution >= 4 is 32.5 Å². The van der Waals surface area contributed by atoms with Crippen molar-refractivity contribution in [1.29, 1.82) is 0 Å². The number of hydrogen-bond donors (Lipinski definition) is 3. The van der Waals surface area contributed by atoms with Gasteiger partial charge >= 0.3 is 5.97 Å². The fourth-order valence-electron chi connectivity index (χ4n) is 2.41. The van der Waals surface area contributed by atoms with Crippen LogP contribution in [0, 0.1) is 0 Å². The van der Waals surface area contributed by atoms with Crippen LogP contribution in [-0.2, 0) is 14.6 Å². The summed E-state index contributed by atoms with van der Waals surface area (Å²) in [6, 6.07) is 13.6. The summed E-state index contributed by atoms with van der Waals surface area (Å²) in [6.07, 6.45) is 1.45. The Bertz CT molecular complexity index is 1130. The summed E-state index contributed by atoms with van der Waals surface area (Å²) in [5, 5.41) is 21.7. The lowest BCUT2D eigenvalue weighted by Crippen LogP contribution is -2.29. The number of carboxylic acid groups (broad SMARTS) is 1. The van der Waals surface area contributed by atoms with Crippen LogP contribution in [0.25, 0.3) is 10.8 Å². The number of hydrogen-bond acceptors (Lipinski definition) is 6. The molecule has 2 aromatic carbocycles. The van der Waals surface area contributed by atoms with Crippen LogP contribution >= 0.6 is 0 Å². The number of carboxylic acids is 1. The van der Waals surface area contributed by atoms with Crippen LogP contribution in [-0.4, -0.2) is 42.0 Å². The number of rotatable bonds is 3. The van der Waals surface area contributed by atoms with Crippen molar-refractivity contribution in [3.63, 3.8) is 0 Å². The Morgan fingerprint density at radius 2 is 1.59 bits per heavy atom. The molecule has 0 fully saturated rings. The molecule has 0 saturated heterocycles. The smallest absolute Gasteiger partial charge is 0.322 e. The van der Waals surface area contributed by atoms with Crippen molar-refractivity contribution in [1.82, 2.24) is 10.3 Å². The number of benzene rings is 2. The predicted molar refractivity (Wildman–Crippen MR) is 95.3 cm³/mol. The van der Waals surface area contributed by atoms with Crippen molar-refractivity contribution in [2.24, 2.45) is 0 Å². The quantitative estimate of drug-likeness (QED) is 0.455. The molecular formula is C18H14N2O6S. The minimum absolute atomic E-state index is 0.185. The Morgan fingerprint density at radius 1 is 1.00 bits per heavy atom. The van der Waals surface area contributed by atoms with Gasteiger partial charge in [-0.25, -0.2) is 13.4 Å². The van der Waals surface area contributed by atoms with Gasteiger partial charge in [0.1, 0.15) is 6.54 Å². The highest BCUT2D eigenvalue weighted by Crippen LogP contribution is 2.38. The molecule has 4 rings (SSSR count). The number of aromatic nitrogens is 1. The zero-order chi connectivity index (χ0) is 19.6. The second kappa shape index (κ2) is 7.04. The van der Waals surface area contributed by atoms with Crippen LogP contribution in [0.2, 0.25) is 0 Å². The summed E-state index contributed by atoms with van der Waals surface area (Å²) < 4.78 is 21.5. The zero-order valence-electron chi connectivity index (χ0n) is 13.8. The standard InChI is InChI=1S/C12H10N2O4.C6H4O2S/c15-9(16)6-14-12(18)10-11(17)8-4-2-1-3-7(8)5-13-10;7-9(8)5-3-1-2-4-6(5)9/h1-5,17H,6H2,(H,14,18)(H,15,16);1-4H. The number of carbonyl (C=O) groups is 2. The molecule has 0 bridgehead atoms. The van der Waals surface area contributed by atoms with Crippen LogP contribution in [0.1, 0.15) is 10.5 Å². The number of fused-ring (bicyclic) bond motifs is 2. The highest BCUT2D eigenvalue weighted by Gasteiger charge is 2.37. The van der Waals surface area contributed by atoms with Crippen molar-refractivity contribution in [3.8, 4) is 5.75 Å². The van der Waals surface area contributed by atoms with E-state index in [-0.39, 0.29) is 11.4 Å². The van der Waals surface area contributed by atoms with Gasteiger partial charge in [0.15, 0.2) is 11.4 Å². The Hall–Kier alpha value is -3.46. The molecule has 3 aromatic rings. The normalized spacial score (nSPS) is 13.0. The van der Waals surface area contributed by atoms with Gasteiger partial charge in [0.05, 0.1) is 9.79 Å². The molecule has 1 aliphatic rings. The number of sulfone groups is 1. The maximum absolute atomic E-state index is 11.6. The number of aromatic hydroxyl groups is 1. The molecule has 8 nitrogen and oxygen atoms in total. The minimum atomic E-state index is -2.88. The van der Waals surface area contributed by atoms with Gasteiger partial charge in [-0.1, -0.05) is 36.4 Å². The molecule has 0 spiro atoms. The number of nitrogens with zero attached hydrogens (tertiary/aromatic N) is 1. The lowest BCUT2D eigenvalue weighted by Gasteiger charge is -2.06. The Morgan fingerprint density at radius 3 is 2.19 bits per heavy atom. The van der Waals surface area contributed by atoms with E-state index < -0.39 is 28.3 Å². The molecular weight excluding hydrogens is 372 g/mol. The third-order valence-electron chi connectivity index (χ3n) is 3.77. The molecule has 0 atom stereocenters. The average Bonchev–Trinajstić information content (AvgIpc) is 3.22. The molecule has 138 valence electrons. The molecule has 0 saturated carbocycles. The number of amides is 1. The molecule has 0 unspecified atom stereocenters. The lowest BCUT2D eigenvalue weighted by molar-refractivity contribution is -0.135. The van der Waals surface area contributed by atoms with Crippen LogP contribution in [0.3, 0.4) is 0 Å². The summed E-state index contributed by atoms with van der Waals surface area (Å²) in [7, 11) is -2.88. The molecule has 1 aromatic heterocycles.